The van der Waals surface area contributed by atoms with Crippen LogP contribution in [0.15, 0.2) is 77.7 Å². The number of para-hydroxylation sites is 1. The minimum atomic E-state index is -4.11. The number of rotatable bonds is 11. The topological polar surface area (TPSA) is 86.8 Å². The Balaban J connectivity index is 2.06. The van der Waals surface area contributed by atoms with Gasteiger partial charge in [0.25, 0.3) is 10.0 Å². The number of amides is 2. The summed E-state index contributed by atoms with van der Waals surface area (Å²) < 4.78 is 29.1. The molecule has 1 N–H and O–H groups in total. The number of nitrogens with zero attached hydrogens (tertiary/aromatic N) is 2. The van der Waals surface area contributed by atoms with E-state index in [0.29, 0.717) is 17.1 Å². The third-order valence-corrected chi connectivity index (χ3v) is 8.42. The fourth-order valence-electron chi connectivity index (χ4n) is 4.18. The molecular formula is C30H36ClN3O4S. The van der Waals surface area contributed by atoms with Crippen molar-refractivity contribution in [2.75, 3.05) is 10.8 Å². The highest BCUT2D eigenvalue weighted by Crippen LogP contribution is 2.28. The number of carbonyl (C=O) groups is 2. The van der Waals surface area contributed by atoms with E-state index in [-0.39, 0.29) is 23.4 Å². The smallest absolute Gasteiger partial charge is 0.264 e. The van der Waals surface area contributed by atoms with E-state index < -0.39 is 28.5 Å². The first-order valence-electron chi connectivity index (χ1n) is 13.0. The van der Waals surface area contributed by atoms with Gasteiger partial charge in [-0.1, -0.05) is 66.6 Å². The summed E-state index contributed by atoms with van der Waals surface area (Å²) in [4.78, 5) is 28.5. The number of sulfonamides is 1. The summed E-state index contributed by atoms with van der Waals surface area (Å²) in [6.07, 6.45) is 0.575. The minimum absolute atomic E-state index is 0.0849. The van der Waals surface area contributed by atoms with Gasteiger partial charge < -0.3 is 10.2 Å². The van der Waals surface area contributed by atoms with Gasteiger partial charge in [-0.15, -0.1) is 0 Å². The van der Waals surface area contributed by atoms with E-state index in [9.17, 15) is 18.0 Å². The molecule has 0 saturated carbocycles. The van der Waals surface area contributed by atoms with E-state index in [0.717, 1.165) is 21.0 Å². The van der Waals surface area contributed by atoms with Gasteiger partial charge in [0.05, 0.1) is 10.6 Å². The van der Waals surface area contributed by atoms with Crippen molar-refractivity contribution in [3.8, 4) is 0 Å². The van der Waals surface area contributed by atoms with Gasteiger partial charge in [0.15, 0.2) is 0 Å². The summed E-state index contributed by atoms with van der Waals surface area (Å²) in [5.74, 6) is -0.827. The maximum atomic E-state index is 14.0. The molecule has 2 amide bonds. The van der Waals surface area contributed by atoms with Crippen molar-refractivity contribution in [2.45, 2.75) is 64.6 Å². The summed E-state index contributed by atoms with van der Waals surface area (Å²) in [5.41, 5.74) is 2.90. The minimum Gasteiger partial charge on any atom is -0.352 e. The van der Waals surface area contributed by atoms with Crippen LogP contribution in [-0.4, -0.2) is 43.8 Å². The van der Waals surface area contributed by atoms with Crippen molar-refractivity contribution in [3.05, 3.63) is 94.5 Å². The van der Waals surface area contributed by atoms with Crippen LogP contribution in [0.4, 0.5) is 5.69 Å². The first-order valence-corrected chi connectivity index (χ1v) is 14.8. The van der Waals surface area contributed by atoms with Crippen LogP contribution < -0.4 is 9.62 Å². The van der Waals surface area contributed by atoms with Crippen molar-refractivity contribution in [1.29, 1.82) is 0 Å². The normalized spacial score (nSPS) is 12.2. The molecule has 3 aromatic carbocycles. The highest BCUT2D eigenvalue weighted by Gasteiger charge is 2.33. The van der Waals surface area contributed by atoms with Crippen LogP contribution in [0.2, 0.25) is 5.02 Å². The number of carbonyl (C=O) groups excluding carboxylic acids is 2. The number of aryl methyl sites for hydroxylation is 2. The summed E-state index contributed by atoms with van der Waals surface area (Å²) in [7, 11) is -4.11. The molecule has 0 aliphatic rings. The second-order valence-corrected chi connectivity index (χ2v) is 12.1. The molecule has 0 bridgehead atoms. The van der Waals surface area contributed by atoms with E-state index in [1.165, 1.54) is 4.90 Å². The van der Waals surface area contributed by atoms with Crippen LogP contribution in [0, 0.1) is 6.92 Å². The Kier molecular flexibility index (Phi) is 10.2. The molecule has 1 unspecified atom stereocenters. The van der Waals surface area contributed by atoms with Crippen molar-refractivity contribution in [3.63, 3.8) is 0 Å². The second kappa shape index (κ2) is 13.1. The van der Waals surface area contributed by atoms with Gasteiger partial charge in [0.2, 0.25) is 11.8 Å². The lowest BCUT2D eigenvalue weighted by atomic mass is 10.1. The van der Waals surface area contributed by atoms with Gasteiger partial charge in [-0.05, 0) is 75.6 Å². The van der Waals surface area contributed by atoms with Crippen LogP contribution in [0.3, 0.4) is 0 Å². The Hall–Kier alpha value is -3.36. The first-order chi connectivity index (χ1) is 18.4. The van der Waals surface area contributed by atoms with Gasteiger partial charge in [-0.25, -0.2) is 8.42 Å². The lowest BCUT2D eigenvalue weighted by Crippen LogP contribution is -2.52. The lowest BCUT2D eigenvalue weighted by molar-refractivity contribution is -0.139. The average Bonchev–Trinajstić information content (AvgIpc) is 2.90. The first kappa shape index (κ1) is 30.2. The molecular weight excluding hydrogens is 534 g/mol. The second-order valence-electron chi connectivity index (χ2n) is 9.79. The van der Waals surface area contributed by atoms with Crippen molar-refractivity contribution >= 4 is 39.1 Å². The summed E-state index contributed by atoms with van der Waals surface area (Å²) in [5, 5.41) is 3.40. The van der Waals surface area contributed by atoms with Crippen LogP contribution >= 0.6 is 11.6 Å². The molecule has 9 heteroatoms. The molecule has 7 nitrogen and oxygen atoms in total. The third kappa shape index (κ3) is 7.61. The molecule has 0 aliphatic carbocycles. The molecule has 3 rings (SSSR count). The fraction of sp³-hybridized carbons (Fsp3) is 0.333. The van der Waals surface area contributed by atoms with Crippen LogP contribution in [-0.2, 0) is 32.6 Å². The highest BCUT2D eigenvalue weighted by atomic mass is 35.5. The molecule has 39 heavy (non-hydrogen) atoms. The number of hydrogen-bond acceptors (Lipinski definition) is 4. The van der Waals surface area contributed by atoms with E-state index in [4.69, 9.17) is 11.6 Å². The number of nitrogens with one attached hydrogen (secondary N) is 1. The Labute approximate surface area is 236 Å². The molecule has 0 aliphatic heterocycles. The molecule has 1 atom stereocenters. The molecule has 0 fully saturated rings. The summed E-state index contributed by atoms with van der Waals surface area (Å²) in [6, 6.07) is 19.7. The lowest BCUT2D eigenvalue weighted by Gasteiger charge is -2.33. The zero-order valence-corrected chi connectivity index (χ0v) is 24.6. The predicted molar refractivity (Wildman–Crippen MR) is 156 cm³/mol. The van der Waals surface area contributed by atoms with Crippen LogP contribution in [0.1, 0.15) is 44.4 Å². The Morgan fingerprint density at radius 1 is 0.923 bits per heavy atom. The summed E-state index contributed by atoms with van der Waals surface area (Å²) >= 11 is 6.05. The largest absolute Gasteiger partial charge is 0.352 e. The average molecular weight is 570 g/mol. The standard InChI is InChI=1S/C30H36ClN3O4S/c1-6-25-9-7-8-10-28(25)34(39(37,38)27-17-11-22(4)12-18-27)20-29(35)33(23(5)30(36)32-21(2)3)19-24-13-15-26(31)16-14-24/h7-18,21,23H,6,19-20H2,1-5H3,(H,32,36). The Morgan fingerprint density at radius 2 is 1.54 bits per heavy atom. The summed E-state index contributed by atoms with van der Waals surface area (Å²) in [6.45, 7) is 8.77. The molecule has 0 aromatic heterocycles. The Morgan fingerprint density at radius 3 is 2.13 bits per heavy atom. The molecule has 3 aromatic rings. The van der Waals surface area contributed by atoms with Crippen molar-refractivity contribution in [1.82, 2.24) is 10.2 Å². The van der Waals surface area contributed by atoms with Crippen LogP contribution in [0.25, 0.3) is 0 Å². The molecule has 0 spiro atoms. The van der Waals surface area contributed by atoms with Crippen molar-refractivity contribution < 1.29 is 18.0 Å². The number of benzene rings is 3. The monoisotopic (exact) mass is 569 g/mol. The molecule has 0 saturated heterocycles. The zero-order valence-electron chi connectivity index (χ0n) is 23.0. The van der Waals surface area contributed by atoms with E-state index in [2.05, 4.69) is 5.32 Å². The van der Waals surface area contributed by atoms with Gasteiger partial charge in [0, 0.05) is 17.6 Å². The number of halogens is 1. The molecule has 0 radical (unpaired) electrons. The van der Waals surface area contributed by atoms with E-state index in [1.54, 1.807) is 67.6 Å². The molecule has 0 heterocycles. The van der Waals surface area contributed by atoms with Gasteiger partial charge in [0.1, 0.15) is 12.6 Å². The maximum absolute atomic E-state index is 14.0. The SMILES string of the molecule is CCc1ccccc1N(CC(=O)N(Cc1ccc(Cl)cc1)C(C)C(=O)NC(C)C)S(=O)(=O)c1ccc(C)cc1. The van der Waals surface area contributed by atoms with Crippen LogP contribution in [0.5, 0.6) is 0 Å². The predicted octanol–water partition coefficient (Wildman–Crippen LogP) is 5.35. The highest BCUT2D eigenvalue weighted by molar-refractivity contribution is 7.92. The van der Waals surface area contributed by atoms with E-state index in [1.807, 2.05) is 39.8 Å². The third-order valence-electron chi connectivity index (χ3n) is 6.39. The van der Waals surface area contributed by atoms with Gasteiger partial charge >= 0.3 is 0 Å². The fourth-order valence-corrected chi connectivity index (χ4v) is 5.76. The number of hydrogen-bond donors (Lipinski definition) is 1. The van der Waals surface area contributed by atoms with Gasteiger partial charge in [-0.2, -0.15) is 0 Å². The zero-order chi connectivity index (χ0) is 28.7. The van der Waals surface area contributed by atoms with E-state index >= 15 is 0 Å². The Bertz CT molecular complexity index is 1390. The van der Waals surface area contributed by atoms with Crippen molar-refractivity contribution in [2.24, 2.45) is 0 Å². The quantitative estimate of drug-likeness (QED) is 0.337. The maximum Gasteiger partial charge on any atom is 0.264 e. The van der Waals surface area contributed by atoms with Gasteiger partial charge in [-0.3, -0.25) is 13.9 Å². The molecule has 208 valence electrons. The number of anilines is 1.